The number of hydrogen-bond acceptors (Lipinski definition) is 2. The van der Waals surface area contributed by atoms with Gasteiger partial charge in [-0.05, 0) is 43.9 Å². The van der Waals surface area contributed by atoms with Gasteiger partial charge in [-0.2, -0.15) is 5.26 Å². The average Bonchev–Trinajstić information content (AvgIpc) is 2.79. The first-order valence-electron chi connectivity index (χ1n) is 7.53. The fourth-order valence-electron chi connectivity index (χ4n) is 4.49. The molecule has 1 heterocycles. The standard InChI is InChI=1S/C15H24N2/c16-11-15(13-7-2-1-3-8-13)10-12-6-4-5-9-14(12)17-15/h12-14,17H,1-10H2. The van der Waals surface area contributed by atoms with Gasteiger partial charge in [-0.3, -0.25) is 5.32 Å². The van der Waals surface area contributed by atoms with Crippen molar-refractivity contribution in [1.82, 2.24) is 5.32 Å². The van der Waals surface area contributed by atoms with Crippen molar-refractivity contribution in [3.05, 3.63) is 0 Å². The van der Waals surface area contributed by atoms with E-state index >= 15 is 0 Å². The minimum absolute atomic E-state index is 0.153. The van der Waals surface area contributed by atoms with Crippen LogP contribution < -0.4 is 5.32 Å². The maximum atomic E-state index is 9.70. The Hall–Kier alpha value is -0.550. The second kappa shape index (κ2) is 4.61. The molecule has 1 saturated heterocycles. The molecular weight excluding hydrogens is 208 g/mol. The van der Waals surface area contributed by atoms with Crippen LogP contribution in [0.4, 0.5) is 0 Å². The molecule has 3 rings (SSSR count). The summed E-state index contributed by atoms with van der Waals surface area (Å²) in [5.74, 6) is 1.43. The van der Waals surface area contributed by atoms with Crippen LogP contribution in [0.3, 0.4) is 0 Å². The van der Waals surface area contributed by atoms with E-state index in [1.807, 2.05) is 0 Å². The number of nitrogens with one attached hydrogen (secondary N) is 1. The molecule has 0 aromatic carbocycles. The predicted octanol–water partition coefficient (Wildman–Crippen LogP) is 3.38. The number of hydrogen-bond donors (Lipinski definition) is 1. The first-order valence-corrected chi connectivity index (χ1v) is 7.53. The van der Waals surface area contributed by atoms with E-state index < -0.39 is 0 Å². The molecule has 94 valence electrons. The van der Waals surface area contributed by atoms with Crippen LogP contribution in [0.1, 0.15) is 64.2 Å². The highest BCUT2D eigenvalue weighted by Gasteiger charge is 2.49. The molecule has 17 heavy (non-hydrogen) atoms. The molecule has 2 heteroatoms. The molecule has 3 atom stereocenters. The van der Waals surface area contributed by atoms with Crippen molar-refractivity contribution in [1.29, 1.82) is 5.26 Å². The Kier molecular flexibility index (Phi) is 3.13. The Morgan fingerprint density at radius 2 is 1.65 bits per heavy atom. The minimum Gasteiger partial charge on any atom is -0.296 e. The average molecular weight is 232 g/mol. The summed E-state index contributed by atoms with van der Waals surface area (Å²) in [5, 5.41) is 13.5. The maximum Gasteiger partial charge on any atom is 0.110 e. The largest absolute Gasteiger partial charge is 0.296 e. The third-order valence-corrected chi connectivity index (χ3v) is 5.44. The van der Waals surface area contributed by atoms with Crippen LogP contribution >= 0.6 is 0 Å². The SMILES string of the molecule is N#CC1(C2CCCCC2)CC2CCCCC2N1. The van der Waals surface area contributed by atoms with Gasteiger partial charge in [0, 0.05) is 6.04 Å². The Morgan fingerprint density at radius 3 is 2.35 bits per heavy atom. The summed E-state index contributed by atoms with van der Waals surface area (Å²) in [4.78, 5) is 0. The molecule has 1 aliphatic heterocycles. The Bertz CT molecular complexity index is 297. The highest BCUT2D eigenvalue weighted by molar-refractivity contribution is 5.18. The first kappa shape index (κ1) is 11.5. The van der Waals surface area contributed by atoms with Gasteiger partial charge in [0.15, 0.2) is 0 Å². The number of fused-ring (bicyclic) bond motifs is 1. The monoisotopic (exact) mass is 232 g/mol. The number of rotatable bonds is 1. The summed E-state index contributed by atoms with van der Waals surface area (Å²) in [6, 6.07) is 3.35. The Balaban J connectivity index is 1.76. The Labute approximate surface area is 105 Å². The molecule has 2 saturated carbocycles. The Morgan fingerprint density at radius 1 is 0.941 bits per heavy atom. The molecule has 0 aromatic rings. The third kappa shape index (κ3) is 1.99. The zero-order valence-corrected chi connectivity index (χ0v) is 10.8. The van der Waals surface area contributed by atoms with Gasteiger partial charge in [0.2, 0.25) is 0 Å². The topological polar surface area (TPSA) is 35.8 Å². The summed E-state index contributed by atoms with van der Waals surface area (Å²) in [6.07, 6.45) is 13.2. The quantitative estimate of drug-likeness (QED) is 0.752. The van der Waals surface area contributed by atoms with Crippen LogP contribution in [0.15, 0.2) is 0 Å². The smallest absolute Gasteiger partial charge is 0.110 e. The summed E-state index contributed by atoms with van der Waals surface area (Å²) >= 11 is 0. The van der Waals surface area contributed by atoms with Crippen LogP contribution in [-0.4, -0.2) is 11.6 Å². The zero-order chi connectivity index (χ0) is 11.7. The summed E-state index contributed by atoms with van der Waals surface area (Å²) in [7, 11) is 0. The molecule has 3 aliphatic rings. The van der Waals surface area contributed by atoms with E-state index in [0.717, 1.165) is 12.3 Å². The molecule has 3 unspecified atom stereocenters. The lowest BCUT2D eigenvalue weighted by atomic mass is 9.72. The van der Waals surface area contributed by atoms with Crippen LogP contribution in [0.2, 0.25) is 0 Å². The van der Waals surface area contributed by atoms with Crippen molar-refractivity contribution in [2.45, 2.75) is 75.8 Å². The fraction of sp³-hybridized carbons (Fsp3) is 0.933. The van der Waals surface area contributed by atoms with Gasteiger partial charge in [-0.15, -0.1) is 0 Å². The fourth-order valence-corrected chi connectivity index (χ4v) is 4.49. The van der Waals surface area contributed by atoms with Gasteiger partial charge < -0.3 is 0 Å². The lowest BCUT2D eigenvalue weighted by Crippen LogP contribution is -2.48. The predicted molar refractivity (Wildman–Crippen MR) is 68.4 cm³/mol. The summed E-state index contributed by atoms with van der Waals surface area (Å²) in [6.45, 7) is 0. The van der Waals surface area contributed by atoms with E-state index in [-0.39, 0.29) is 5.54 Å². The zero-order valence-electron chi connectivity index (χ0n) is 10.8. The molecule has 3 fully saturated rings. The lowest BCUT2D eigenvalue weighted by Gasteiger charge is -2.35. The molecule has 0 bridgehead atoms. The molecule has 1 N–H and O–H groups in total. The lowest BCUT2D eigenvalue weighted by molar-refractivity contribution is 0.225. The normalized spacial score (nSPS) is 43.0. The van der Waals surface area contributed by atoms with Crippen molar-refractivity contribution in [3.8, 4) is 6.07 Å². The van der Waals surface area contributed by atoms with Gasteiger partial charge in [-0.1, -0.05) is 32.1 Å². The van der Waals surface area contributed by atoms with Gasteiger partial charge in [-0.25, -0.2) is 0 Å². The van der Waals surface area contributed by atoms with Gasteiger partial charge >= 0.3 is 0 Å². The van der Waals surface area contributed by atoms with Crippen molar-refractivity contribution in [2.24, 2.45) is 11.8 Å². The van der Waals surface area contributed by atoms with Crippen molar-refractivity contribution in [2.75, 3.05) is 0 Å². The van der Waals surface area contributed by atoms with Crippen molar-refractivity contribution in [3.63, 3.8) is 0 Å². The van der Waals surface area contributed by atoms with Crippen LogP contribution in [0.5, 0.6) is 0 Å². The van der Waals surface area contributed by atoms with Gasteiger partial charge in [0.05, 0.1) is 6.07 Å². The maximum absolute atomic E-state index is 9.70. The van der Waals surface area contributed by atoms with Crippen LogP contribution in [0, 0.1) is 23.2 Å². The highest BCUT2D eigenvalue weighted by Crippen LogP contribution is 2.45. The van der Waals surface area contributed by atoms with E-state index in [1.165, 1.54) is 57.8 Å². The van der Waals surface area contributed by atoms with E-state index in [0.29, 0.717) is 12.0 Å². The van der Waals surface area contributed by atoms with Gasteiger partial charge in [0.25, 0.3) is 0 Å². The van der Waals surface area contributed by atoms with E-state index in [1.54, 1.807) is 0 Å². The molecule has 0 amide bonds. The molecule has 0 radical (unpaired) electrons. The summed E-state index contributed by atoms with van der Waals surface area (Å²) in [5.41, 5.74) is -0.153. The van der Waals surface area contributed by atoms with Crippen molar-refractivity contribution >= 4 is 0 Å². The molecule has 0 aromatic heterocycles. The molecule has 2 aliphatic carbocycles. The second-order valence-corrected chi connectivity index (χ2v) is 6.42. The van der Waals surface area contributed by atoms with E-state index in [2.05, 4.69) is 11.4 Å². The highest BCUT2D eigenvalue weighted by atomic mass is 15.1. The summed E-state index contributed by atoms with van der Waals surface area (Å²) < 4.78 is 0. The van der Waals surface area contributed by atoms with Crippen molar-refractivity contribution < 1.29 is 0 Å². The molecule has 2 nitrogen and oxygen atoms in total. The van der Waals surface area contributed by atoms with Gasteiger partial charge in [0.1, 0.15) is 5.54 Å². The molecule has 0 spiro atoms. The number of nitrogens with zero attached hydrogens (tertiary/aromatic N) is 1. The molecular formula is C15H24N2. The number of nitriles is 1. The van der Waals surface area contributed by atoms with E-state index in [4.69, 9.17) is 0 Å². The first-order chi connectivity index (χ1) is 8.34. The third-order valence-electron chi connectivity index (χ3n) is 5.44. The second-order valence-electron chi connectivity index (χ2n) is 6.42. The van der Waals surface area contributed by atoms with Crippen LogP contribution in [-0.2, 0) is 0 Å². The van der Waals surface area contributed by atoms with Crippen LogP contribution in [0.25, 0.3) is 0 Å². The minimum atomic E-state index is -0.153. The van der Waals surface area contributed by atoms with E-state index in [9.17, 15) is 5.26 Å².